The van der Waals surface area contributed by atoms with Crippen LogP contribution in [0.25, 0.3) is 16.8 Å². The van der Waals surface area contributed by atoms with Crippen LogP contribution in [-0.4, -0.2) is 49.9 Å². The van der Waals surface area contributed by atoms with Gasteiger partial charge in [-0.3, -0.25) is 4.79 Å². The monoisotopic (exact) mass is 414 g/mol. The molecule has 1 N–H and O–H groups in total. The van der Waals surface area contributed by atoms with E-state index >= 15 is 0 Å². The van der Waals surface area contributed by atoms with Crippen molar-refractivity contribution in [2.75, 3.05) is 18.4 Å². The first-order chi connectivity index (χ1) is 15.2. The van der Waals surface area contributed by atoms with Gasteiger partial charge in [0.25, 0.3) is 11.9 Å². The van der Waals surface area contributed by atoms with Gasteiger partial charge in [-0.25, -0.2) is 0 Å². The Balaban J connectivity index is 1.26. The number of hydrogen-bond acceptors (Lipinski definition) is 6. The molecule has 4 aromatic rings. The average molecular weight is 414 g/mol. The largest absolute Gasteiger partial charge is 0.424 e. The zero-order chi connectivity index (χ0) is 20.9. The number of carbonyl (C=O) groups is 1. The van der Waals surface area contributed by atoms with E-state index < -0.39 is 0 Å². The molecule has 8 nitrogen and oxygen atoms in total. The second-order valence-corrected chi connectivity index (χ2v) is 8.39. The maximum atomic E-state index is 13.6. The predicted octanol–water partition coefficient (Wildman–Crippen LogP) is 3.29. The van der Waals surface area contributed by atoms with Gasteiger partial charge in [-0.15, -0.1) is 0 Å². The van der Waals surface area contributed by atoms with Crippen LogP contribution < -0.4 is 5.32 Å². The van der Waals surface area contributed by atoms with Crippen molar-refractivity contribution in [2.45, 2.75) is 19.4 Å². The van der Waals surface area contributed by atoms with Crippen LogP contribution in [0.5, 0.6) is 0 Å². The number of aryl methyl sites for hydroxylation is 1. The molecule has 2 aromatic carbocycles. The van der Waals surface area contributed by atoms with Crippen LogP contribution in [0.3, 0.4) is 0 Å². The Labute approximate surface area is 178 Å². The fourth-order valence-corrected chi connectivity index (χ4v) is 4.70. The van der Waals surface area contributed by atoms with Gasteiger partial charge in [-0.05, 0) is 49.4 Å². The molecule has 0 radical (unpaired) electrons. The van der Waals surface area contributed by atoms with Crippen LogP contribution in [0.2, 0.25) is 0 Å². The molecule has 1 saturated heterocycles. The van der Waals surface area contributed by atoms with Crippen molar-refractivity contribution in [1.29, 1.82) is 0 Å². The van der Waals surface area contributed by atoms with E-state index in [1.165, 1.54) is 11.2 Å². The number of hydrogen-bond donors (Lipinski definition) is 1. The first-order valence-electron chi connectivity index (χ1n) is 10.5. The minimum atomic E-state index is 0.0209. The molecule has 0 spiro atoms. The Morgan fingerprint density at radius 3 is 2.87 bits per heavy atom. The fraction of sp³-hybridized carbons (Fsp3) is 0.304. The molecule has 0 bridgehead atoms. The van der Waals surface area contributed by atoms with Crippen LogP contribution in [0, 0.1) is 18.8 Å². The lowest BCUT2D eigenvalue weighted by Crippen LogP contribution is -2.42. The van der Waals surface area contributed by atoms with Crippen molar-refractivity contribution in [1.82, 2.24) is 24.9 Å². The Bertz CT molecular complexity index is 1230. The summed E-state index contributed by atoms with van der Waals surface area (Å²) >= 11 is 0. The molecule has 3 unspecified atom stereocenters. The van der Waals surface area contributed by atoms with E-state index in [2.05, 4.69) is 20.5 Å². The zero-order valence-electron chi connectivity index (χ0n) is 17.1. The van der Waals surface area contributed by atoms with Crippen LogP contribution in [0.15, 0.2) is 59.3 Å². The molecular weight excluding hydrogens is 392 g/mol. The number of fused-ring (bicyclic) bond motifs is 2. The second-order valence-electron chi connectivity index (χ2n) is 8.39. The number of rotatable bonds is 5. The third-order valence-corrected chi connectivity index (χ3v) is 6.34. The lowest BCUT2D eigenvalue weighted by Gasteiger charge is -2.28. The van der Waals surface area contributed by atoms with Crippen LogP contribution >= 0.6 is 0 Å². The van der Waals surface area contributed by atoms with Crippen LogP contribution in [-0.2, 0) is 0 Å². The van der Waals surface area contributed by atoms with Crippen LogP contribution in [0.1, 0.15) is 22.3 Å². The van der Waals surface area contributed by atoms with E-state index in [4.69, 9.17) is 4.42 Å². The summed E-state index contributed by atoms with van der Waals surface area (Å²) in [6, 6.07) is 14.1. The number of nitrogens with zero attached hydrogens (tertiary/aromatic N) is 5. The number of likely N-dealkylation sites (tertiary alicyclic amines) is 1. The summed E-state index contributed by atoms with van der Waals surface area (Å²) < 4.78 is 5.80. The normalized spacial score (nSPS) is 22.0. The SMILES string of the molecule is Cc1ccc(-n2nccn2)c(C(=O)N2CC3CC3C2CNc2nc3ccccc3o2)c1. The summed E-state index contributed by atoms with van der Waals surface area (Å²) in [6.07, 6.45) is 4.41. The number of piperidine rings is 1. The Kier molecular flexibility index (Phi) is 4.05. The molecule has 6 rings (SSSR count). The summed E-state index contributed by atoms with van der Waals surface area (Å²) in [7, 11) is 0. The highest BCUT2D eigenvalue weighted by Gasteiger charge is 2.54. The maximum absolute atomic E-state index is 13.6. The number of benzene rings is 2. The van der Waals surface area contributed by atoms with Gasteiger partial charge in [0.05, 0.1) is 29.7 Å². The third-order valence-electron chi connectivity index (χ3n) is 6.34. The summed E-state index contributed by atoms with van der Waals surface area (Å²) in [4.78, 5) is 21.6. The van der Waals surface area contributed by atoms with Gasteiger partial charge in [0, 0.05) is 13.1 Å². The van der Waals surface area contributed by atoms with Gasteiger partial charge >= 0.3 is 0 Å². The van der Waals surface area contributed by atoms with Gasteiger partial charge in [0.1, 0.15) is 5.52 Å². The molecule has 3 heterocycles. The number of amides is 1. The van der Waals surface area contributed by atoms with E-state index in [9.17, 15) is 4.79 Å². The van der Waals surface area contributed by atoms with Gasteiger partial charge in [0.15, 0.2) is 5.58 Å². The van der Waals surface area contributed by atoms with Gasteiger partial charge in [-0.1, -0.05) is 23.8 Å². The summed E-state index contributed by atoms with van der Waals surface area (Å²) in [6.45, 7) is 3.38. The molecule has 3 atom stereocenters. The quantitative estimate of drug-likeness (QED) is 0.539. The Morgan fingerprint density at radius 1 is 1.19 bits per heavy atom. The summed E-state index contributed by atoms with van der Waals surface area (Å²) in [5.41, 5.74) is 3.94. The number of oxazole rings is 1. The summed E-state index contributed by atoms with van der Waals surface area (Å²) in [5, 5.41) is 11.8. The predicted molar refractivity (Wildman–Crippen MR) is 115 cm³/mol. The minimum Gasteiger partial charge on any atom is -0.424 e. The van der Waals surface area contributed by atoms with Gasteiger partial charge in [0.2, 0.25) is 0 Å². The Morgan fingerprint density at radius 2 is 2.03 bits per heavy atom. The molecule has 1 aliphatic heterocycles. The van der Waals surface area contributed by atoms with E-state index in [0.717, 1.165) is 23.2 Å². The maximum Gasteiger partial charge on any atom is 0.295 e. The van der Waals surface area contributed by atoms with E-state index in [1.807, 2.05) is 54.3 Å². The van der Waals surface area contributed by atoms with Gasteiger partial charge < -0.3 is 14.6 Å². The topological polar surface area (TPSA) is 89.1 Å². The summed E-state index contributed by atoms with van der Waals surface area (Å²) in [5.74, 6) is 1.12. The number of para-hydroxylation sites is 2. The zero-order valence-corrected chi connectivity index (χ0v) is 17.1. The molecule has 2 aliphatic rings. The van der Waals surface area contributed by atoms with Crippen molar-refractivity contribution >= 4 is 23.0 Å². The standard InChI is InChI=1S/C23H22N6O2/c1-14-6-7-19(29-25-8-9-26-29)17(10-14)22(30)28-13-15-11-16(15)20(28)12-24-23-27-18-4-2-3-5-21(18)31-23/h2-10,15-16,20H,11-13H2,1H3,(H,24,27). The molecule has 1 amide bonds. The fourth-order valence-electron chi connectivity index (χ4n) is 4.70. The number of nitrogens with one attached hydrogen (secondary N) is 1. The Hall–Kier alpha value is -3.68. The van der Waals surface area contributed by atoms with Crippen molar-refractivity contribution in [2.24, 2.45) is 11.8 Å². The molecule has 2 fully saturated rings. The van der Waals surface area contributed by atoms with Crippen molar-refractivity contribution < 1.29 is 9.21 Å². The first-order valence-corrected chi connectivity index (χ1v) is 10.5. The lowest BCUT2D eigenvalue weighted by atomic mass is 10.1. The highest BCUT2D eigenvalue weighted by molar-refractivity contribution is 5.98. The first kappa shape index (κ1) is 18.1. The highest BCUT2D eigenvalue weighted by atomic mass is 16.4. The molecule has 8 heteroatoms. The highest BCUT2D eigenvalue weighted by Crippen LogP contribution is 2.50. The van der Waals surface area contributed by atoms with Crippen molar-refractivity contribution in [3.8, 4) is 5.69 Å². The smallest absolute Gasteiger partial charge is 0.295 e. The molecule has 1 saturated carbocycles. The molecule has 1 aliphatic carbocycles. The van der Waals surface area contributed by atoms with Crippen LogP contribution in [0.4, 0.5) is 6.01 Å². The van der Waals surface area contributed by atoms with Gasteiger partial charge in [-0.2, -0.15) is 20.0 Å². The van der Waals surface area contributed by atoms with E-state index in [1.54, 1.807) is 12.4 Å². The van der Waals surface area contributed by atoms with E-state index in [0.29, 0.717) is 35.6 Å². The molecular formula is C23H22N6O2. The van der Waals surface area contributed by atoms with E-state index in [-0.39, 0.29) is 11.9 Å². The lowest BCUT2D eigenvalue weighted by molar-refractivity contribution is 0.0714. The number of aromatic nitrogens is 4. The number of anilines is 1. The molecule has 156 valence electrons. The average Bonchev–Trinajstić information content (AvgIpc) is 3.17. The van der Waals surface area contributed by atoms with Crippen molar-refractivity contribution in [3.05, 3.63) is 66.0 Å². The second kappa shape index (κ2) is 6.94. The molecule has 2 aromatic heterocycles. The van der Waals surface area contributed by atoms with Crippen molar-refractivity contribution in [3.63, 3.8) is 0 Å². The number of carbonyl (C=O) groups excluding carboxylic acids is 1. The minimum absolute atomic E-state index is 0.0209. The third kappa shape index (κ3) is 3.15. The molecule has 31 heavy (non-hydrogen) atoms.